The lowest BCUT2D eigenvalue weighted by Crippen LogP contribution is -2.57. The molecule has 198 valence electrons. The first kappa shape index (κ1) is 29.3. The third kappa shape index (κ3) is 8.33. The zero-order valence-corrected chi connectivity index (χ0v) is 23.0. The quantitative estimate of drug-likeness (QED) is 0.318. The third-order valence-corrected chi connectivity index (χ3v) is 5.79. The van der Waals surface area contributed by atoms with Crippen molar-refractivity contribution < 1.29 is 19.4 Å². The number of benzene rings is 2. The fourth-order valence-corrected chi connectivity index (χ4v) is 4.01. The van der Waals surface area contributed by atoms with Crippen LogP contribution in [0.4, 0.5) is 0 Å². The van der Waals surface area contributed by atoms with Crippen molar-refractivity contribution in [1.82, 2.24) is 10.6 Å². The number of hydrogen-bond acceptors (Lipinski definition) is 5. The van der Waals surface area contributed by atoms with Crippen LogP contribution in [0.25, 0.3) is 10.8 Å². The van der Waals surface area contributed by atoms with Crippen LogP contribution in [0.5, 0.6) is 5.75 Å². The number of rotatable bonds is 10. The Hall–Kier alpha value is -2.93. The second-order valence-electron chi connectivity index (χ2n) is 11.3. The third-order valence-electron chi connectivity index (χ3n) is 5.79. The maximum absolute atomic E-state index is 13.6. The van der Waals surface area contributed by atoms with Crippen molar-refractivity contribution in [3.8, 4) is 5.75 Å². The summed E-state index contributed by atoms with van der Waals surface area (Å²) in [5, 5.41) is 18.1. The number of unbranched alkanes of at least 4 members (excludes halogenated alkanes) is 1. The molecule has 2 amide bonds. The van der Waals surface area contributed by atoms with E-state index in [1.807, 2.05) is 71.9 Å². The average molecular weight is 498 g/mol. The predicted molar refractivity (Wildman–Crippen MR) is 147 cm³/mol. The molecular weight excluding hydrogens is 454 g/mol. The standard InChI is InChI=1S/C29H43N3O4/c1-9-10-17-30-26(34)24(19(2)36-29(6,7)8)32-27(35)25(28(3,4)5)31-18-22-21-14-12-11-13-20(21)15-16-23(22)33/h11-16,18-19,24-25,33H,9-10,17H2,1-8H3,(H,30,34)(H,32,35)/t19-,24+,25-/m0/s1. The highest BCUT2D eigenvalue weighted by Crippen LogP contribution is 2.28. The molecule has 0 heterocycles. The number of amides is 2. The molecule has 3 atom stereocenters. The van der Waals surface area contributed by atoms with E-state index in [9.17, 15) is 14.7 Å². The normalized spacial score (nSPS) is 15.0. The molecule has 0 fully saturated rings. The Morgan fingerprint density at radius 1 is 1.06 bits per heavy atom. The largest absolute Gasteiger partial charge is 0.507 e. The molecule has 0 saturated carbocycles. The number of ether oxygens (including phenoxy) is 1. The topological polar surface area (TPSA) is 100 Å². The summed E-state index contributed by atoms with van der Waals surface area (Å²) in [6.07, 6.45) is 2.80. The van der Waals surface area contributed by atoms with Crippen LogP contribution in [-0.4, -0.2) is 53.5 Å². The highest BCUT2D eigenvalue weighted by molar-refractivity contribution is 6.03. The number of nitrogens with zero attached hydrogens (tertiary/aromatic N) is 1. The minimum Gasteiger partial charge on any atom is -0.507 e. The molecule has 2 aromatic carbocycles. The molecule has 0 unspecified atom stereocenters. The van der Waals surface area contributed by atoms with E-state index in [1.165, 1.54) is 0 Å². The highest BCUT2D eigenvalue weighted by atomic mass is 16.5. The Bertz CT molecular complexity index is 1070. The molecule has 0 aliphatic rings. The predicted octanol–water partition coefficient (Wildman–Crippen LogP) is 4.98. The Morgan fingerprint density at radius 3 is 2.33 bits per heavy atom. The van der Waals surface area contributed by atoms with Gasteiger partial charge < -0.3 is 20.5 Å². The smallest absolute Gasteiger partial charge is 0.246 e. The zero-order valence-electron chi connectivity index (χ0n) is 23.0. The molecule has 7 heteroatoms. The highest BCUT2D eigenvalue weighted by Gasteiger charge is 2.36. The van der Waals surface area contributed by atoms with Crippen molar-refractivity contribution >= 4 is 28.8 Å². The number of carbonyl (C=O) groups is 2. The van der Waals surface area contributed by atoms with Crippen LogP contribution in [0, 0.1) is 5.41 Å². The van der Waals surface area contributed by atoms with Crippen molar-refractivity contribution in [3.63, 3.8) is 0 Å². The lowest BCUT2D eigenvalue weighted by Gasteiger charge is -2.33. The van der Waals surface area contributed by atoms with E-state index in [4.69, 9.17) is 4.74 Å². The van der Waals surface area contributed by atoms with Crippen molar-refractivity contribution in [1.29, 1.82) is 0 Å². The zero-order chi connectivity index (χ0) is 27.1. The summed E-state index contributed by atoms with van der Waals surface area (Å²) < 4.78 is 6.04. The van der Waals surface area contributed by atoms with E-state index in [2.05, 4.69) is 22.5 Å². The molecule has 0 aliphatic carbocycles. The van der Waals surface area contributed by atoms with E-state index in [0.717, 1.165) is 23.6 Å². The van der Waals surface area contributed by atoms with Gasteiger partial charge in [-0.15, -0.1) is 0 Å². The van der Waals surface area contributed by atoms with Gasteiger partial charge in [0, 0.05) is 18.3 Å². The molecule has 0 aliphatic heterocycles. The molecule has 0 radical (unpaired) electrons. The second-order valence-corrected chi connectivity index (χ2v) is 11.3. The van der Waals surface area contributed by atoms with Gasteiger partial charge in [0.2, 0.25) is 11.8 Å². The fourth-order valence-electron chi connectivity index (χ4n) is 4.01. The SMILES string of the molecule is CCCCNC(=O)[C@H](NC(=O)[C@H](N=Cc1c(O)ccc2ccccc12)C(C)(C)C)[C@H](C)OC(C)(C)C. The maximum Gasteiger partial charge on any atom is 0.246 e. The molecule has 3 N–H and O–H groups in total. The van der Waals surface area contributed by atoms with Gasteiger partial charge in [0.25, 0.3) is 0 Å². The van der Waals surface area contributed by atoms with Crippen molar-refractivity contribution in [2.75, 3.05) is 6.54 Å². The van der Waals surface area contributed by atoms with Gasteiger partial charge in [-0.3, -0.25) is 14.6 Å². The number of aromatic hydroxyl groups is 1. The molecule has 2 rings (SSSR count). The molecule has 0 bridgehead atoms. The van der Waals surface area contributed by atoms with Crippen molar-refractivity contribution in [3.05, 3.63) is 42.0 Å². The number of phenolic OH excluding ortho intramolecular Hbond substituents is 1. The summed E-state index contributed by atoms with van der Waals surface area (Å²) in [6.45, 7) is 15.9. The van der Waals surface area contributed by atoms with E-state index >= 15 is 0 Å². The van der Waals surface area contributed by atoms with E-state index in [0.29, 0.717) is 12.1 Å². The van der Waals surface area contributed by atoms with Gasteiger partial charge in [-0.25, -0.2) is 0 Å². The number of fused-ring (bicyclic) bond motifs is 1. The van der Waals surface area contributed by atoms with Crippen LogP contribution in [0.1, 0.15) is 73.8 Å². The summed E-state index contributed by atoms with van der Waals surface area (Å²) in [7, 11) is 0. The minimum atomic E-state index is -0.875. The van der Waals surface area contributed by atoms with Gasteiger partial charge in [-0.05, 0) is 56.4 Å². The summed E-state index contributed by atoms with van der Waals surface area (Å²) in [5.74, 6) is -0.568. The van der Waals surface area contributed by atoms with E-state index in [-0.39, 0.29) is 17.6 Å². The monoisotopic (exact) mass is 497 g/mol. The van der Waals surface area contributed by atoms with Crippen LogP contribution in [0.15, 0.2) is 41.4 Å². The second kappa shape index (κ2) is 12.3. The van der Waals surface area contributed by atoms with Gasteiger partial charge in [-0.2, -0.15) is 0 Å². The molecule has 0 aromatic heterocycles. The molecular formula is C29H43N3O4. The lowest BCUT2D eigenvalue weighted by atomic mass is 9.86. The van der Waals surface area contributed by atoms with Crippen LogP contribution in [0.2, 0.25) is 0 Å². The Labute approximate surface area is 215 Å². The fraction of sp³-hybridized carbons (Fsp3) is 0.552. The van der Waals surface area contributed by atoms with Gasteiger partial charge in [0.05, 0.1) is 11.7 Å². The van der Waals surface area contributed by atoms with Gasteiger partial charge >= 0.3 is 0 Å². The summed E-state index contributed by atoms with van der Waals surface area (Å²) in [5.41, 5.74) is -0.481. The van der Waals surface area contributed by atoms with Gasteiger partial charge in [-0.1, -0.05) is 64.4 Å². The average Bonchev–Trinajstić information content (AvgIpc) is 2.76. The van der Waals surface area contributed by atoms with E-state index < -0.39 is 29.2 Å². The van der Waals surface area contributed by atoms with E-state index in [1.54, 1.807) is 19.2 Å². The summed E-state index contributed by atoms with van der Waals surface area (Å²) >= 11 is 0. The number of carbonyl (C=O) groups excluding carboxylic acids is 2. The van der Waals surface area contributed by atoms with Gasteiger partial charge in [0.1, 0.15) is 17.8 Å². The van der Waals surface area contributed by atoms with Crippen molar-refractivity contribution in [2.24, 2.45) is 10.4 Å². The maximum atomic E-state index is 13.6. The first-order valence-electron chi connectivity index (χ1n) is 12.7. The summed E-state index contributed by atoms with van der Waals surface area (Å²) in [4.78, 5) is 31.2. The van der Waals surface area contributed by atoms with Crippen molar-refractivity contribution in [2.45, 2.75) is 92.0 Å². The Balaban J connectivity index is 2.36. The first-order valence-corrected chi connectivity index (χ1v) is 12.7. The number of hydrogen-bond donors (Lipinski definition) is 3. The lowest BCUT2D eigenvalue weighted by molar-refractivity contribution is -0.138. The van der Waals surface area contributed by atoms with Crippen LogP contribution in [-0.2, 0) is 14.3 Å². The van der Waals surface area contributed by atoms with Crippen LogP contribution >= 0.6 is 0 Å². The van der Waals surface area contributed by atoms with Gasteiger partial charge in [0.15, 0.2) is 0 Å². The van der Waals surface area contributed by atoms with Crippen LogP contribution in [0.3, 0.4) is 0 Å². The molecule has 0 saturated heterocycles. The van der Waals surface area contributed by atoms with Crippen LogP contribution < -0.4 is 10.6 Å². The molecule has 36 heavy (non-hydrogen) atoms. The molecule has 2 aromatic rings. The number of aliphatic imine (C=N–C) groups is 1. The Kier molecular flexibility index (Phi) is 10.1. The molecule has 7 nitrogen and oxygen atoms in total. The summed E-state index contributed by atoms with van der Waals surface area (Å²) in [6, 6.07) is 9.47. The minimum absolute atomic E-state index is 0.0888. The first-order chi connectivity index (χ1) is 16.7. The molecule has 0 spiro atoms. The Morgan fingerprint density at radius 2 is 1.72 bits per heavy atom. The number of phenols is 1. The number of nitrogens with one attached hydrogen (secondary N) is 2.